The second-order valence-electron chi connectivity index (χ2n) is 11.9. The maximum absolute atomic E-state index is 14.4. The molecule has 2 aromatic carbocycles. The van der Waals surface area contributed by atoms with E-state index in [4.69, 9.17) is 40.0 Å². The van der Waals surface area contributed by atoms with Gasteiger partial charge in [0.1, 0.15) is 22.1 Å². The highest BCUT2D eigenvalue weighted by Gasteiger charge is 2.61. The Bertz CT molecular complexity index is 1900. The van der Waals surface area contributed by atoms with E-state index in [-0.39, 0.29) is 82.4 Å². The molecule has 2 amide bonds. The molecule has 1 aliphatic carbocycles. The van der Waals surface area contributed by atoms with Crippen LogP contribution in [0.3, 0.4) is 0 Å². The van der Waals surface area contributed by atoms with E-state index in [9.17, 15) is 24.3 Å². The number of ketones is 2. The van der Waals surface area contributed by atoms with Crippen molar-refractivity contribution in [3.05, 3.63) is 56.8 Å². The maximum Gasteiger partial charge on any atom is 0.231 e. The first-order valence-corrected chi connectivity index (χ1v) is 17.0. The molecule has 2 aliphatic rings. The van der Waals surface area contributed by atoms with Crippen molar-refractivity contribution in [1.29, 1.82) is 0 Å². The summed E-state index contributed by atoms with van der Waals surface area (Å²) in [7, 11) is 6.99. The summed E-state index contributed by atoms with van der Waals surface area (Å²) >= 11 is 7.89. The number of amides is 2. The number of carbonyl (C=O) groups excluding carboxylic acids is 4. The second-order valence-corrected chi connectivity index (χ2v) is 13.2. The van der Waals surface area contributed by atoms with Gasteiger partial charge in [0.2, 0.25) is 28.9 Å². The van der Waals surface area contributed by atoms with Gasteiger partial charge < -0.3 is 44.2 Å². The molecule has 51 heavy (non-hydrogen) atoms. The Morgan fingerprint density at radius 2 is 1.67 bits per heavy atom. The fraction of sp³-hybridized carbons (Fsp3) is 0.400. The number of methoxy groups -OCH3 is 5. The first kappa shape index (κ1) is 37.2. The number of fused-ring (bicyclic) bond motifs is 1. The third kappa shape index (κ3) is 6.75. The van der Waals surface area contributed by atoms with Crippen LogP contribution in [0.4, 0.5) is 5.13 Å². The number of Topliss-reactive ketones (excluding diaryl/α,β-unsaturated/α-hetero) is 2. The summed E-state index contributed by atoms with van der Waals surface area (Å²) in [5.74, 6) is -3.89. The Kier molecular flexibility index (Phi) is 11.0. The number of rotatable bonds is 13. The number of thiazole rings is 1. The van der Waals surface area contributed by atoms with Crippen molar-refractivity contribution in [2.75, 3.05) is 47.4 Å². The fourth-order valence-electron chi connectivity index (χ4n) is 6.39. The molecule has 3 N–H and O–H groups in total. The van der Waals surface area contributed by atoms with Crippen LogP contribution in [-0.4, -0.2) is 81.2 Å². The molecule has 3 atom stereocenters. The van der Waals surface area contributed by atoms with Gasteiger partial charge >= 0.3 is 0 Å². The molecule has 16 heteroatoms. The number of aryl methyl sites for hydroxylation is 1. The molecule has 0 radical (unpaired) electrons. The average Bonchev–Trinajstić information content (AvgIpc) is 3.66. The number of aromatic nitrogens is 1. The smallest absolute Gasteiger partial charge is 0.231 e. The second kappa shape index (κ2) is 15.1. The van der Waals surface area contributed by atoms with Crippen LogP contribution >= 0.6 is 22.9 Å². The molecule has 2 heterocycles. The predicted octanol–water partition coefficient (Wildman–Crippen LogP) is 5.20. The number of hydrogen-bond acceptors (Lipinski definition) is 13. The summed E-state index contributed by atoms with van der Waals surface area (Å²) in [5, 5.41) is 19.8. The highest BCUT2D eigenvalue weighted by atomic mass is 35.5. The average molecular weight is 744 g/mol. The molecule has 1 unspecified atom stereocenters. The summed E-state index contributed by atoms with van der Waals surface area (Å²) < 4.78 is 33.7. The lowest BCUT2D eigenvalue weighted by molar-refractivity contribution is -0.122. The molecule has 0 saturated heterocycles. The zero-order valence-corrected chi connectivity index (χ0v) is 30.6. The molecule has 1 spiro atoms. The number of carbonyl (C=O) groups is 4. The lowest BCUT2D eigenvalue weighted by Gasteiger charge is -2.38. The predicted molar refractivity (Wildman–Crippen MR) is 187 cm³/mol. The van der Waals surface area contributed by atoms with E-state index in [1.54, 1.807) is 31.4 Å². The molecule has 1 aromatic heterocycles. The van der Waals surface area contributed by atoms with Gasteiger partial charge in [0.25, 0.3) is 0 Å². The van der Waals surface area contributed by atoms with Gasteiger partial charge in [-0.3, -0.25) is 19.2 Å². The highest BCUT2D eigenvalue weighted by molar-refractivity contribution is 7.13. The molecule has 272 valence electrons. The lowest BCUT2D eigenvalue weighted by atomic mass is 9.69. The van der Waals surface area contributed by atoms with E-state index in [0.29, 0.717) is 10.7 Å². The maximum atomic E-state index is 14.4. The summed E-state index contributed by atoms with van der Waals surface area (Å²) in [5.41, 5.74) is -1.24. The number of anilines is 1. The number of hydrogen-bond donors (Lipinski definition) is 3. The van der Waals surface area contributed by atoms with Crippen molar-refractivity contribution < 1.29 is 52.7 Å². The molecular formula is C35H38ClN3O11S. The number of aliphatic hydroxyl groups excluding tert-OH is 1. The van der Waals surface area contributed by atoms with E-state index in [1.807, 2.05) is 0 Å². The van der Waals surface area contributed by atoms with Crippen LogP contribution in [-0.2, 0) is 14.4 Å². The normalized spacial score (nSPS) is 18.5. The van der Waals surface area contributed by atoms with E-state index in [1.165, 1.54) is 53.0 Å². The number of aliphatic hydroxyl groups is 1. The molecule has 3 aromatic rings. The SMILES string of the molecule is COc1cc(OC)c2c(c1Cl)O[C@]1(C2=O)C(O)=C(C(CC(=O)NCCC(=O)Nc2nc(C)cs2)c2cc(OC)c(OC)c(OC)c2)C(=O)C[C@H]1C. The molecule has 1 aliphatic heterocycles. The Hall–Kier alpha value is -5.02. The molecule has 0 bridgehead atoms. The third-order valence-electron chi connectivity index (χ3n) is 8.88. The van der Waals surface area contributed by atoms with Crippen LogP contribution in [0.25, 0.3) is 0 Å². The van der Waals surface area contributed by atoms with Gasteiger partial charge in [0, 0.05) is 54.7 Å². The minimum atomic E-state index is -2.09. The minimum Gasteiger partial charge on any atom is -0.507 e. The van der Waals surface area contributed by atoms with Crippen LogP contribution < -0.4 is 39.1 Å². The van der Waals surface area contributed by atoms with Gasteiger partial charge in [-0.15, -0.1) is 11.3 Å². The van der Waals surface area contributed by atoms with Crippen LogP contribution in [0.2, 0.25) is 5.02 Å². The lowest BCUT2D eigenvalue weighted by Crippen LogP contribution is -2.53. The summed E-state index contributed by atoms with van der Waals surface area (Å²) in [4.78, 5) is 58.7. The van der Waals surface area contributed by atoms with Gasteiger partial charge in [-0.25, -0.2) is 4.98 Å². The van der Waals surface area contributed by atoms with Gasteiger partial charge in [-0.2, -0.15) is 0 Å². The quantitative estimate of drug-likeness (QED) is 0.209. The largest absolute Gasteiger partial charge is 0.507 e. The van der Waals surface area contributed by atoms with E-state index in [0.717, 1.165) is 5.69 Å². The molecule has 14 nitrogen and oxygen atoms in total. The molecule has 0 fully saturated rings. The van der Waals surface area contributed by atoms with Crippen molar-refractivity contribution >= 4 is 51.5 Å². The van der Waals surface area contributed by atoms with Crippen LogP contribution in [0, 0.1) is 12.8 Å². The van der Waals surface area contributed by atoms with Crippen LogP contribution in [0.1, 0.15) is 53.7 Å². The first-order chi connectivity index (χ1) is 24.3. The summed E-state index contributed by atoms with van der Waals surface area (Å²) in [6.07, 6.45) is -0.672. The van der Waals surface area contributed by atoms with E-state index in [2.05, 4.69) is 15.6 Å². The molecule has 0 saturated carbocycles. The zero-order valence-electron chi connectivity index (χ0n) is 29.1. The summed E-state index contributed by atoms with van der Waals surface area (Å²) in [6.45, 7) is 3.37. The van der Waals surface area contributed by atoms with Crippen molar-refractivity contribution in [2.24, 2.45) is 5.92 Å². The fourth-order valence-corrected chi connectivity index (χ4v) is 7.36. The summed E-state index contributed by atoms with van der Waals surface area (Å²) in [6, 6.07) is 4.54. The number of halogens is 1. The van der Waals surface area contributed by atoms with Crippen molar-refractivity contribution in [3.8, 4) is 34.5 Å². The standard InChI is InChI=1S/C35H38ClN3O11S/c1-16-10-20(40)27(32(43)35(16)33(44)28-21(45-3)14-22(46-4)29(36)31(28)50-35)19(18-11-23(47-5)30(49-7)24(12-18)48-6)13-26(42)37-9-8-25(41)39-34-38-17(2)15-51-34/h11-12,14-16,19,43H,8-10,13H2,1-7H3,(H,37,42)(H,38,39,41)/t16-,19?,35+/m1/s1. The monoisotopic (exact) mass is 743 g/mol. The number of ether oxygens (including phenoxy) is 6. The van der Waals surface area contributed by atoms with Crippen LogP contribution in [0.15, 0.2) is 34.9 Å². The van der Waals surface area contributed by atoms with Gasteiger partial charge in [0.05, 0.1) is 41.2 Å². The highest BCUT2D eigenvalue weighted by Crippen LogP contribution is 2.56. The zero-order chi connectivity index (χ0) is 37.2. The van der Waals surface area contributed by atoms with Crippen molar-refractivity contribution in [2.45, 2.75) is 44.6 Å². The number of benzene rings is 2. The van der Waals surface area contributed by atoms with Gasteiger partial charge in [-0.05, 0) is 24.6 Å². The van der Waals surface area contributed by atoms with Gasteiger partial charge in [-0.1, -0.05) is 18.5 Å². The van der Waals surface area contributed by atoms with Crippen LogP contribution in [0.5, 0.6) is 34.5 Å². The van der Waals surface area contributed by atoms with E-state index < -0.39 is 40.7 Å². The first-order valence-electron chi connectivity index (χ1n) is 15.8. The Balaban J connectivity index is 1.57. The number of nitrogens with one attached hydrogen (secondary N) is 2. The topological polar surface area (TPSA) is 181 Å². The van der Waals surface area contributed by atoms with Crippen molar-refractivity contribution in [1.82, 2.24) is 10.3 Å². The number of nitrogens with zero attached hydrogens (tertiary/aromatic N) is 1. The van der Waals surface area contributed by atoms with E-state index >= 15 is 0 Å². The molecule has 5 rings (SSSR count). The van der Waals surface area contributed by atoms with Crippen molar-refractivity contribution in [3.63, 3.8) is 0 Å². The van der Waals surface area contributed by atoms with Gasteiger partial charge in [0.15, 0.2) is 33.9 Å². The Labute approximate surface area is 303 Å². The number of allylic oxidation sites excluding steroid dienone is 1. The third-order valence-corrected chi connectivity index (χ3v) is 10.1. The Morgan fingerprint density at radius 3 is 2.24 bits per heavy atom. The minimum absolute atomic E-state index is 0.0217. The Morgan fingerprint density at radius 1 is 1.02 bits per heavy atom. The molecular weight excluding hydrogens is 706 g/mol.